The second-order valence-electron chi connectivity index (χ2n) is 8.83. The number of esters is 2. The number of carbonyl (C=O) groups excluding carboxylic acids is 2. The van der Waals surface area contributed by atoms with Crippen molar-refractivity contribution in [1.29, 1.82) is 0 Å². The first-order valence-electron chi connectivity index (χ1n) is 11.3. The van der Waals surface area contributed by atoms with Gasteiger partial charge in [-0.1, -0.05) is 25.7 Å². The number of hydrogen-bond acceptors (Lipinski definition) is 7. The van der Waals surface area contributed by atoms with Crippen LogP contribution in [0.25, 0.3) is 0 Å². The van der Waals surface area contributed by atoms with Crippen LogP contribution in [0.15, 0.2) is 0 Å². The molecule has 0 spiro atoms. The predicted molar refractivity (Wildman–Crippen MR) is 106 cm³/mol. The van der Waals surface area contributed by atoms with Gasteiger partial charge in [0.1, 0.15) is 6.10 Å². The van der Waals surface area contributed by atoms with E-state index in [-0.39, 0.29) is 25.7 Å². The lowest BCUT2D eigenvalue weighted by atomic mass is 9.89. The maximum Gasteiger partial charge on any atom is 0.468 e. The molecule has 0 aromatic heterocycles. The molecule has 0 heterocycles. The van der Waals surface area contributed by atoms with Crippen molar-refractivity contribution in [1.82, 2.24) is 0 Å². The third kappa shape index (κ3) is 6.79. The highest BCUT2D eigenvalue weighted by Gasteiger charge is 2.70. The van der Waals surface area contributed by atoms with Crippen molar-refractivity contribution >= 4 is 22.1 Å². The van der Waals surface area contributed by atoms with Crippen molar-refractivity contribution in [2.45, 2.75) is 99.9 Å². The predicted octanol–water partition coefficient (Wildman–Crippen LogP) is 4.77. The number of halogens is 7. The molecule has 36 heavy (non-hydrogen) atoms. The Balaban J connectivity index is 2.33. The molecule has 2 fully saturated rings. The molecule has 16 heteroatoms. The number of ether oxygens (including phenoxy) is 3. The molecule has 2 saturated carbocycles. The molecule has 2 aliphatic rings. The third-order valence-corrected chi connectivity index (χ3v) is 7.07. The van der Waals surface area contributed by atoms with E-state index in [0.29, 0.717) is 32.1 Å². The van der Waals surface area contributed by atoms with E-state index >= 15 is 0 Å². The van der Waals surface area contributed by atoms with Gasteiger partial charge in [0.2, 0.25) is 0 Å². The maximum absolute atomic E-state index is 14.2. The Labute approximate surface area is 202 Å². The molecule has 0 aliphatic heterocycles. The molecular weight excluding hydrogens is 533 g/mol. The first-order chi connectivity index (χ1) is 16.4. The summed E-state index contributed by atoms with van der Waals surface area (Å²) >= 11 is 0. The minimum atomic E-state index is -6.66. The second-order valence-corrected chi connectivity index (χ2v) is 10.3. The van der Waals surface area contributed by atoms with E-state index in [1.165, 1.54) is 0 Å². The minimum Gasteiger partial charge on any atom is -0.457 e. The zero-order valence-corrected chi connectivity index (χ0v) is 19.8. The molecule has 0 saturated heterocycles. The van der Waals surface area contributed by atoms with Gasteiger partial charge in [0.15, 0.2) is 0 Å². The van der Waals surface area contributed by atoms with Crippen LogP contribution < -0.4 is 0 Å². The SMILES string of the molecule is O=C(OC(OCCC(F)(F)C(F)(F)S(=O)(=O)O)(C(=O)OC1CCCCC1)C(F)(F)F)C1CCCCC1. The van der Waals surface area contributed by atoms with Crippen molar-refractivity contribution in [3.05, 3.63) is 0 Å². The fraction of sp³-hybridized carbons (Fsp3) is 0.900. The van der Waals surface area contributed by atoms with Gasteiger partial charge in [-0.2, -0.15) is 39.2 Å². The highest BCUT2D eigenvalue weighted by atomic mass is 32.2. The zero-order valence-electron chi connectivity index (χ0n) is 19.0. The average Bonchev–Trinajstić information content (AvgIpc) is 2.77. The first kappa shape index (κ1) is 30.5. The van der Waals surface area contributed by atoms with Gasteiger partial charge in [-0.05, 0) is 38.5 Å². The van der Waals surface area contributed by atoms with Gasteiger partial charge in [0.25, 0.3) is 0 Å². The molecule has 8 nitrogen and oxygen atoms in total. The van der Waals surface area contributed by atoms with E-state index in [9.17, 15) is 48.7 Å². The summed E-state index contributed by atoms with van der Waals surface area (Å²) in [5.74, 6) is -15.0. The van der Waals surface area contributed by atoms with Crippen LogP contribution in [0.1, 0.15) is 70.6 Å². The monoisotopic (exact) mass is 560 g/mol. The van der Waals surface area contributed by atoms with E-state index in [4.69, 9.17) is 9.29 Å². The number of hydrogen-bond donors (Lipinski definition) is 1. The lowest BCUT2D eigenvalue weighted by Gasteiger charge is -2.36. The van der Waals surface area contributed by atoms with Crippen LogP contribution in [0.3, 0.4) is 0 Å². The lowest BCUT2D eigenvalue weighted by Crippen LogP contribution is -2.60. The van der Waals surface area contributed by atoms with Crippen LogP contribution in [0, 0.1) is 5.92 Å². The van der Waals surface area contributed by atoms with E-state index in [1.54, 1.807) is 0 Å². The normalized spacial score (nSPS) is 21.0. The Morgan fingerprint density at radius 2 is 1.33 bits per heavy atom. The highest BCUT2D eigenvalue weighted by molar-refractivity contribution is 7.87. The third-order valence-electron chi connectivity index (χ3n) is 6.12. The van der Waals surface area contributed by atoms with Crippen molar-refractivity contribution in [2.75, 3.05) is 6.61 Å². The van der Waals surface area contributed by atoms with Gasteiger partial charge in [0, 0.05) is 6.42 Å². The fourth-order valence-corrected chi connectivity index (χ4v) is 4.50. The average molecular weight is 560 g/mol. The molecule has 2 rings (SSSR count). The molecule has 2 aliphatic carbocycles. The molecule has 1 atom stereocenters. The largest absolute Gasteiger partial charge is 0.468 e. The molecular formula is C20H27F7O8S. The smallest absolute Gasteiger partial charge is 0.457 e. The van der Waals surface area contributed by atoms with E-state index < -0.39 is 70.2 Å². The van der Waals surface area contributed by atoms with Gasteiger partial charge < -0.3 is 14.2 Å². The van der Waals surface area contributed by atoms with Crippen molar-refractivity contribution < 1.29 is 67.5 Å². The summed E-state index contributed by atoms with van der Waals surface area (Å²) in [5, 5.41) is -6.08. The van der Waals surface area contributed by atoms with Crippen LogP contribution in [-0.2, 0) is 33.9 Å². The zero-order chi connectivity index (χ0) is 27.4. The van der Waals surface area contributed by atoms with Crippen LogP contribution in [0.2, 0.25) is 0 Å². The Morgan fingerprint density at radius 1 is 0.833 bits per heavy atom. The highest BCUT2D eigenvalue weighted by Crippen LogP contribution is 2.43. The van der Waals surface area contributed by atoms with E-state index in [1.807, 2.05) is 0 Å². The molecule has 0 aromatic rings. The van der Waals surface area contributed by atoms with Gasteiger partial charge in [0.05, 0.1) is 12.5 Å². The Hall–Kier alpha value is -1.68. The fourth-order valence-electron chi connectivity index (χ4n) is 4.02. The van der Waals surface area contributed by atoms with Crippen LogP contribution in [0.4, 0.5) is 30.7 Å². The maximum atomic E-state index is 14.2. The summed E-state index contributed by atoms with van der Waals surface area (Å²) in [5.41, 5.74) is 0. The van der Waals surface area contributed by atoms with Gasteiger partial charge in [-0.3, -0.25) is 9.35 Å². The summed E-state index contributed by atoms with van der Waals surface area (Å²) in [7, 11) is -6.66. The molecule has 1 unspecified atom stereocenters. The molecule has 0 bridgehead atoms. The summed E-state index contributed by atoms with van der Waals surface area (Å²) < 4.78 is 140. The quantitative estimate of drug-likeness (QED) is 0.176. The molecule has 0 amide bonds. The van der Waals surface area contributed by atoms with Crippen molar-refractivity contribution in [3.63, 3.8) is 0 Å². The molecule has 0 radical (unpaired) electrons. The lowest BCUT2D eigenvalue weighted by molar-refractivity contribution is -0.360. The molecule has 0 aromatic carbocycles. The summed E-state index contributed by atoms with van der Waals surface area (Å²) in [6.45, 7) is -2.02. The van der Waals surface area contributed by atoms with E-state index in [0.717, 1.165) is 6.42 Å². The molecule has 1 N–H and O–H groups in total. The summed E-state index contributed by atoms with van der Waals surface area (Å²) in [6, 6.07) is 0. The second kappa shape index (κ2) is 11.4. The van der Waals surface area contributed by atoms with Crippen molar-refractivity contribution in [3.8, 4) is 0 Å². The summed E-state index contributed by atoms with van der Waals surface area (Å²) in [6.07, 6.45) is -5.29. The van der Waals surface area contributed by atoms with Crippen LogP contribution in [0.5, 0.6) is 0 Å². The van der Waals surface area contributed by atoms with Gasteiger partial charge in [-0.25, -0.2) is 4.79 Å². The van der Waals surface area contributed by atoms with Gasteiger partial charge >= 0.3 is 45.2 Å². The number of alkyl halides is 7. The Morgan fingerprint density at radius 3 is 1.81 bits per heavy atom. The topological polar surface area (TPSA) is 116 Å². The van der Waals surface area contributed by atoms with Crippen LogP contribution in [-0.4, -0.2) is 60.8 Å². The Bertz CT molecular complexity index is 881. The summed E-state index contributed by atoms with van der Waals surface area (Å²) in [4.78, 5) is 25.2. The minimum absolute atomic E-state index is 0.128. The first-order valence-corrected chi connectivity index (χ1v) is 12.8. The van der Waals surface area contributed by atoms with Crippen molar-refractivity contribution in [2.24, 2.45) is 5.92 Å². The molecule has 210 valence electrons. The van der Waals surface area contributed by atoms with Gasteiger partial charge in [-0.15, -0.1) is 0 Å². The van der Waals surface area contributed by atoms with Crippen LogP contribution >= 0.6 is 0 Å². The number of rotatable bonds is 10. The van der Waals surface area contributed by atoms with E-state index in [2.05, 4.69) is 9.47 Å². The number of carbonyl (C=O) groups is 2. The standard InChI is InChI=1S/C20H27F7O8S/c21-17(22,20(26,27)36(30,31)32)11-12-33-18(19(23,24)25,16(29)34-14-9-5-2-6-10-14)35-15(28)13-7-3-1-4-8-13/h13-14H,1-12H2,(H,30,31,32). The Kier molecular flexibility index (Phi) is 9.65.